The van der Waals surface area contributed by atoms with Crippen LogP contribution < -0.4 is 0 Å². The van der Waals surface area contributed by atoms with E-state index in [2.05, 4.69) is 20.4 Å². The van der Waals surface area contributed by atoms with E-state index in [1.807, 2.05) is 6.07 Å². The summed E-state index contributed by atoms with van der Waals surface area (Å²) in [5, 5.41) is 0. The van der Waals surface area contributed by atoms with Gasteiger partial charge in [0.05, 0.1) is 4.90 Å². The van der Waals surface area contributed by atoms with Gasteiger partial charge in [0.1, 0.15) is 0 Å². The van der Waals surface area contributed by atoms with Crippen molar-refractivity contribution in [2.45, 2.75) is 31.6 Å². The second kappa shape index (κ2) is 4.39. The zero-order chi connectivity index (χ0) is 13.4. The summed E-state index contributed by atoms with van der Waals surface area (Å²) in [7, 11) is -3.37. The minimum atomic E-state index is -3.37. The molecule has 0 aromatic heterocycles. The monoisotopic (exact) mass is 262 g/mol. The average molecular weight is 262 g/mol. The number of benzene rings is 1. The molecule has 0 atom stereocenters. The molecule has 0 radical (unpaired) electrons. The molecule has 0 saturated carbocycles. The lowest BCUT2D eigenvalue weighted by Crippen LogP contribution is -2.21. The Labute approximate surface area is 109 Å². The zero-order valence-electron chi connectivity index (χ0n) is 10.8. The van der Waals surface area contributed by atoms with Gasteiger partial charge in [-0.3, -0.25) is 0 Å². The highest BCUT2D eigenvalue weighted by atomic mass is 32.2. The zero-order valence-corrected chi connectivity index (χ0v) is 11.6. The molecule has 0 amide bonds. The quantitative estimate of drug-likeness (QED) is 0.814. The van der Waals surface area contributed by atoms with Crippen molar-refractivity contribution < 1.29 is 8.42 Å². The fourth-order valence-corrected chi connectivity index (χ4v) is 4.12. The third kappa shape index (κ3) is 2.56. The van der Waals surface area contributed by atoms with Crippen LogP contribution in [0.2, 0.25) is 0 Å². The van der Waals surface area contributed by atoms with Crippen molar-refractivity contribution in [1.29, 1.82) is 0 Å². The summed E-state index contributed by atoms with van der Waals surface area (Å²) in [6.45, 7) is 8.08. The minimum Gasteiger partial charge on any atom is -0.219 e. The Balaban J connectivity index is 2.46. The molecule has 1 aliphatic rings. The van der Waals surface area contributed by atoms with Gasteiger partial charge in [-0.1, -0.05) is 44.2 Å². The molecule has 1 aliphatic carbocycles. The summed E-state index contributed by atoms with van der Waals surface area (Å²) >= 11 is 0. The van der Waals surface area contributed by atoms with Crippen molar-refractivity contribution in [2.75, 3.05) is 0 Å². The molecule has 0 unspecified atom stereocenters. The predicted octanol–water partition coefficient (Wildman–Crippen LogP) is 3.72. The highest BCUT2D eigenvalue weighted by Gasteiger charge is 2.31. The molecule has 96 valence electrons. The Morgan fingerprint density at radius 1 is 1.11 bits per heavy atom. The molecule has 0 fully saturated rings. The van der Waals surface area contributed by atoms with Crippen molar-refractivity contribution in [3.05, 3.63) is 53.5 Å². The summed E-state index contributed by atoms with van der Waals surface area (Å²) < 4.78 is 25.0. The van der Waals surface area contributed by atoms with Gasteiger partial charge in [0.25, 0.3) is 0 Å². The largest absolute Gasteiger partial charge is 0.219 e. The summed E-state index contributed by atoms with van der Waals surface area (Å²) in [5.41, 5.74) is 0.851. The number of allylic oxidation sites excluding steroid dienone is 3. The first-order chi connectivity index (χ1) is 8.31. The lowest BCUT2D eigenvalue weighted by Gasteiger charge is -2.30. The Kier molecular flexibility index (Phi) is 3.20. The first kappa shape index (κ1) is 13.1. The smallest absolute Gasteiger partial charge is 0.202 e. The van der Waals surface area contributed by atoms with Crippen molar-refractivity contribution in [1.82, 2.24) is 0 Å². The topological polar surface area (TPSA) is 34.1 Å². The van der Waals surface area contributed by atoms with Gasteiger partial charge in [0.15, 0.2) is 0 Å². The van der Waals surface area contributed by atoms with E-state index in [1.54, 1.807) is 30.3 Å². The number of hydrogen-bond acceptors (Lipinski definition) is 2. The van der Waals surface area contributed by atoms with Crippen molar-refractivity contribution in [3.8, 4) is 0 Å². The highest BCUT2D eigenvalue weighted by Crippen LogP contribution is 2.40. The van der Waals surface area contributed by atoms with Crippen LogP contribution in [0.5, 0.6) is 0 Å². The molecule has 0 spiro atoms. The molecule has 0 saturated heterocycles. The van der Waals surface area contributed by atoms with E-state index < -0.39 is 9.84 Å². The SMILES string of the molecule is C=C1C=C(S(=O)(=O)c2ccccc2)CC(C)(C)C1. The molecular weight excluding hydrogens is 244 g/mol. The fourth-order valence-electron chi connectivity index (χ4n) is 2.40. The standard InChI is InChI=1S/C15H18O2S/c1-12-9-14(11-15(2,3)10-12)18(16,17)13-7-5-4-6-8-13/h4-9H,1,10-11H2,2-3H3. The number of sulfone groups is 1. The van der Waals surface area contributed by atoms with E-state index >= 15 is 0 Å². The molecule has 18 heavy (non-hydrogen) atoms. The van der Waals surface area contributed by atoms with E-state index in [9.17, 15) is 8.42 Å². The van der Waals surface area contributed by atoms with Gasteiger partial charge in [0, 0.05) is 4.91 Å². The molecule has 3 heteroatoms. The minimum absolute atomic E-state index is 0.0387. The molecule has 1 aromatic rings. The molecule has 0 aliphatic heterocycles. The van der Waals surface area contributed by atoms with Crippen LogP contribution in [-0.2, 0) is 9.84 Å². The molecule has 0 heterocycles. The summed E-state index contributed by atoms with van der Waals surface area (Å²) in [6, 6.07) is 8.59. The number of rotatable bonds is 2. The summed E-state index contributed by atoms with van der Waals surface area (Å²) in [4.78, 5) is 0.844. The van der Waals surface area contributed by atoms with Crippen LogP contribution in [0.15, 0.2) is 58.4 Å². The van der Waals surface area contributed by atoms with E-state index in [1.165, 1.54) is 0 Å². The molecule has 0 N–H and O–H groups in total. The first-order valence-electron chi connectivity index (χ1n) is 6.00. The number of hydrogen-bond donors (Lipinski definition) is 0. The van der Waals surface area contributed by atoms with Gasteiger partial charge in [-0.15, -0.1) is 0 Å². The van der Waals surface area contributed by atoms with Gasteiger partial charge in [-0.2, -0.15) is 0 Å². The molecule has 1 aromatic carbocycles. The van der Waals surface area contributed by atoms with Crippen LogP contribution in [0.25, 0.3) is 0 Å². The maximum atomic E-state index is 12.5. The van der Waals surface area contributed by atoms with Crippen LogP contribution in [0.1, 0.15) is 26.7 Å². The lowest BCUT2D eigenvalue weighted by molar-refractivity contribution is 0.357. The van der Waals surface area contributed by atoms with Crippen molar-refractivity contribution in [3.63, 3.8) is 0 Å². The normalized spacial score (nSPS) is 19.4. The fraction of sp³-hybridized carbons (Fsp3) is 0.333. The van der Waals surface area contributed by atoms with Crippen LogP contribution in [0, 0.1) is 5.41 Å². The van der Waals surface area contributed by atoms with E-state index in [0.29, 0.717) is 16.2 Å². The van der Waals surface area contributed by atoms with Gasteiger partial charge < -0.3 is 0 Å². The third-order valence-electron chi connectivity index (χ3n) is 3.12. The highest BCUT2D eigenvalue weighted by molar-refractivity contribution is 7.95. The average Bonchev–Trinajstić information content (AvgIpc) is 2.27. The van der Waals surface area contributed by atoms with E-state index in [-0.39, 0.29) is 5.41 Å². The molecule has 2 nitrogen and oxygen atoms in total. The Bertz CT molecular complexity index is 593. The summed E-state index contributed by atoms with van der Waals surface area (Å²) in [6.07, 6.45) is 3.15. The first-order valence-corrected chi connectivity index (χ1v) is 7.48. The van der Waals surface area contributed by atoms with Gasteiger partial charge in [-0.25, -0.2) is 8.42 Å². The van der Waals surface area contributed by atoms with Crippen molar-refractivity contribution in [2.24, 2.45) is 5.41 Å². The Morgan fingerprint density at radius 2 is 1.72 bits per heavy atom. The second-order valence-electron chi connectivity index (χ2n) is 5.60. The predicted molar refractivity (Wildman–Crippen MR) is 73.9 cm³/mol. The van der Waals surface area contributed by atoms with Crippen LogP contribution in [0.4, 0.5) is 0 Å². The van der Waals surface area contributed by atoms with Gasteiger partial charge in [0.2, 0.25) is 9.84 Å². The maximum absolute atomic E-state index is 12.5. The van der Waals surface area contributed by atoms with Crippen LogP contribution in [0.3, 0.4) is 0 Å². The Hall–Kier alpha value is -1.35. The van der Waals surface area contributed by atoms with Gasteiger partial charge in [-0.05, 0) is 36.5 Å². The Morgan fingerprint density at radius 3 is 2.28 bits per heavy atom. The molecular formula is C15H18O2S. The van der Waals surface area contributed by atoms with Gasteiger partial charge >= 0.3 is 0 Å². The third-order valence-corrected chi connectivity index (χ3v) is 4.97. The lowest BCUT2D eigenvalue weighted by atomic mass is 9.79. The van der Waals surface area contributed by atoms with Crippen LogP contribution >= 0.6 is 0 Å². The van der Waals surface area contributed by atoms with Crippen LogP contribution in [-0.4, -0.2) is 8.42 Å². The second-order valence-corrected chi connectivity index (χ2v) is 7.61. The summed E-state index contributed by atoms with van der Waals surface area (Å²) in [5.74, 6) is 0. The maximum Gasteiger partial charge on any atom is 0.202 e. The molecule has 2 rings (SSSR count). The van der Waals surface area contributed by atoms with E-state index in [4.69, 9.17) is 0 Å². The van der Waals surface area contributed by atoms with Crippen molar-refractivity contribution >= 4 is 9.84 Å². The molecule has 0 bridgehead atoms. The van der Waals surface area contributed by atoms with E-state index in [0.717, 1.165) is 12.0 Å².